The molecule has 1 heterocycles. The molecule has 1 N–H and O–H groups in total. The summed E-state index contributed by atoms with van der Waals surface area (Å²) in [4.78, 5) is 28.1. The number of nitrogens with zero attached hydrogens (tertiary/aromatic N) is 1. The summed E-state index contributed by atoms with van der Waals surface area (Å²) in [6.07, 6.45) is 0.631. The third-order valence-corrected chi connectivity index (χ3v) is 5.78. The number of likely N-dealkylation sites (tertiary alicyclic amines) is 1. The second-order valence-corrected chi connectivity index (χ2v) is 7.86. The summed E-state index contributed by atoms with van der Waals surface area (Å²) >= 11 is 0. The number of benzene rings is 2. The summed E-state index contributed by atoms with van der Waals surface area (Å²) in [5, 5.41) is 3.03. The lowest BCUT2D eigenvalue weighted by Gasteiger charge is -2.37. The summed E-state index contributed by atoms with van der Waals surface area (Å²) in [5.74, 6) is 0.113. The van der Waals surface area contributed by atoms with E-state index in [9.17, 15) is 9.59 Å². The maximum atomic E-state index is 13.1. The Bertz CT molecular complexity index is 924. The molecular formula is C25H32N2O6. The van der Waals surface area contributed by atoms with Gasteiger partial charge in [0.15, 0.2) is 11.5 Å². The van der Waals surface area contributed by atoms with Gasteiger partial charge in [-0.05, 0) is 31.0 Å². The number of nitrogens with one attached hydrogen (secondary N) is 1. The van der Waals surface area contributed by atoms with Gasteiger partial charge in [0.25, 0.3) is 5.91 Å². The van der Waals surface area contributed by atoms with Crippen LogP contribution in [0.2, 0.25) is 0 Å². The van der Waals surface area contributed by atoms with E-state index in [4.69, 9.17) is 18.9 Å². The minimum atomic E-state index is -0.464. The third kappa shape index (κ3) is 5.96. The average Bonchev–Trinajstić information content (AvgIpc) is 2.84. The highest BCUT2D eigenvalue weighted by molar-refractivity contribution is 5.96. The fourth-order valence-electron chi connectivity index (χ4n) is 4.13. The van der Waals surface area contributed by atoms with Crippen molar-refractivity contribution in [2.45, 2.75) is 25.9 Å². The normalized spacial score (nSPS) is 18.3. The first-order valence-electron chi connectivity index (χ1n) is 11.0. The van der Waals surface area contributed by atoms with Crippen LogP contribution in [0.3, 0.4) is 0 Å². The number of methoxy groups -OCH3 is 3. The number of carbonyl (C=O) groups is 2. The lowest BCUT2D eigenvalue weighted by atomic mass is 9.91. The van der Waals surface area contributed by atoms with Crippen LogP contribution in [0.25, 0.3) is 0 Å². The Morgan fingerprint density at radius 2 is 1.70 bits per heavy atom. The topological polar surface area (TPSA) is 86.3 Å². The largest absolute Gasteiger partial charge is 0.493 e. The number of hydrogen-bond acceptors (Lipinski definition) is 7. The molecule has 8 nitrogen and oxygen atoms in total. The first kappa shape index (κ1) is 24.4. The van der Waals surface area contributed by atoms with Crippen molar-refractivity contribution in [2.75, 3.05) is 41.0 Å². The molecular weight excluding hydrogens is 424 g/mol. The molecule has 2 aromatic rings. The zero-order chi connectivity index (χ0) is 23.8. The lowest BCUT2D eigenvalue weighted by Crippen LogP contribution is -2.53. The van der Waals surface area contributed by atoms with Gasteiger partial charge in [0.1, 0.15) is 0 Å². The van der Waals surface area contributed by atoms with Crippen molar-refractivity contribution in [2.24, 2.45) is 5.92 Å². The Morgan fingerprint density at radius 1 is 1.03 bits per heavy atom. The van der Waals surface area contributed by atoms with Crippen LogP contribution in [0.15, 0.2) is 42.5 Å². The van der Waals surface area contributed by atoms with Crippen molar-refractivity contribution in [1.29, 1.82) is 0 Å². The van der Waals surface area contributed by atoms with Crippen molar-refractivity contribution >= 4 is 11.9 Å². The first-order valence-corrected chi connectivity index (χ1v) is 11.0. The molecule has 0 radical (unpaired) electrons. The van der Waals surface area contributed by atoms with E-state index >= 15 is 0 Å². The first-order chi connectivity index (χ1) is 16.0. The molecule has 2 atom stereocenters. The molecule has 0 saturated carbocycles. The van der Waals surface area contributed by atoms with Gasteiger partial charge >= 0.3 is 5.97 Å². The number of piperidine rings is 1. The molecule has 0 unspecified atom stereocenters. The minimum Gasteiger partial charge on any atom is -0.493 e. The van der Waals surface area contributed by atoms with Gasteiger partial charge in [0.2, 0.25) is 5.75 Å². The molecule has 0 spiro atoms. The van der Waals surface area contributed by atoms with E-state index in [1.165, 1.54) is 26.9 Å². The van der Waals surface area contributed by atoms with E-state index in [1.54, 1.807) is 19.1 Å². The van der Waals surface area contributed by atoms with Crippen LogP contribution in [0.1, 0.15) is 29.3 Å². The standard InChI is InChI=1S/C25H32N2O6/c1-5-33-25(29)19-16-27(15-17-9-7-6-8-10-17)12-11-20(19)26-24(28)18-13-21(30-2)23(32-4)22(14-18)31-3/h6-10,13-14,19-20H,5,11-12,15-16H2,1-4H3,(H,26,28)/t19-,20-/m0/s1. The monoisotopic (exact) mass is 456 g/mol. The fraction of sp³-hybridized carbons (Fsp3) is 0.440. The van der Waals surface area contributed by atoms with Gasteiger partial charge in [-0.1, -0.05) is 30.3 Å². The van der Waals surface area contributed by atoms with Gasteiger partial charge in [0.05, 0.1) is 33.9 Å². The van der Waals surface area contributed by atoms with E-state index in [1.807, 2.05) is 18.2 Å². The summed E-state index contributed by atoms with van der Waals surface area (Å²) in [6.45, 7) is 4.08. The van der Waals surface area contributed by atoms with Gasteiger partial charge in [-0.15, -0.1) is 0 Å². The van der Waals surface area contributed by atoms with Crippen molar-refractivity contribution in [3.63, 3.8) is 0 Å². The number of rotatable bonds is 9. The van der Waals surface area contributed by atoms with Crippen LogP contribution in [0.4, 0.5) is 0 Å². The number of hydrogen-bond donors (Lipinski definition) is 1. The predicted octanol–water partition coefficient (Wildman–Crippen LogP) is 2.90. The molecule has 2 aromatic carbocycles. The lowest BCUT2D eigenvalue weighted by molar-refractivity contribution is -0.151. The zero-order valence-electron chi connectivity index (χ0n) is 19.6. The summed E-state index contributed by atoms with van der Waals surface area (Å²) in [6, 6.07) is 13.0. The predicted molar refractivity (Wildman–Crippen MR) is 124 cm³/mol. The quantitative estimate of drug-likeness (QED) is 0.581. The van der Waals surface area contributed by atoms with E-state index in [-0.39, 0.29) is 17.9 Å². The second kappa shape index (κ2) is 11.6. The maximum absolute atomic E-state index is 13.1. The van der Waals surface area contributed by atoms with Crippen molar-refractivity contribution in [3.8, 4) is 17.2 Å². The fourth-order valence-corrected chi connectivity index (χ4v) is 4.13. The summed E-state index contributed by atoms with van der Waals surface area (Å²) in [5.41, 5.74) is 1.54. The van der Waals surface area contributed by atoms with Crippen LogP contribution in [-0.4, -0.2) is 63.8 Å². The van der Waals surface area contributed by atoms with Crippen LogP contribution in [-0.2, 0) is 16.1 Å². The third-order valence-electron chi connectivity index (χ3n) is 5.78. The molecule has 1 aliphatic rings. The SMILES string of the molecule is CCOC(=O)[C@H]1CN(Cc2ccccc2)CC[C@@H]1NC(=O)c1cc(OC)c(OC)c(OC)c1. The van der Waals surface area contributed by atoms with E-state index in [0.717, 1.165) is 13.1 Å². The molecule has 1 aliphatic heterocycles. The number of esters is 1. The molecule has 8 heteroatoms. The molecule has 0 bridgehead atoms. The second-order valence-electron chi connectivity index (χ2n) is 7.86. The minimum absolute atomic E-state index is 0.293. The van der Waals surface area contributed by atoms with E-state index in [2.05, 4.69) is 22.3 Å². The Kier molecular flexibility index (Phi) is 8.54. The van der Waals surface area contributed by atoms with Gasteiger partial charge in [-0.25, -0.2) is 0 Å². The summed E-state index contributed by atoms with van der Waals surface area (Å²) < 4.78 is 21.4. The Balaban J connectivity index is 1.77. The Hall–Kier alpha value is -3.26. The smallest absolute Gasteiger partial charge is 0.312 e. The highest BCUT2D eigenvalue weighted by Gasteiger charge is 2.36. The Morgan fingerprint density at radius 3 is 2.27 bits per heavy atom. The molecule has 0 aliphatic carbocycles. The van der Waals surface area contributed by atoms with Crippen LogP contribution < -0.4 is 19.5 Å². The molecule has 0 aromatic heterocycles. The number of carbonyl (C=O) groups excluding carboxylic acids is 2. The Labute approximate surface area is 194 Å². The molecule has 178 valence electrons. The molecule has 33 heavy (non-hydrogen) atoms. The maximum Gasteiger partial charge on any atom is 0.312 e. The van der Waals surface area contributed by atoms with Crippen LogP contribution in [0, 0.1) is 5.92 Å². The zero-order valence-corrected chi connectivity index (χ0v) is 19.6. The summed E-state index contributed by atoms with van der Waals surface area (Å²) in [7, 11) is 4.50. The van der Waals surface area contributed by atoms with Gasteiger partial charge in [0, 0.05) is 31.2 Å². The van der Waals surface area contributed by atoms with Gasteiger partial charge in [-0.3, -0.25) is 14.5 Å². The highest BCUT2D eigenvalue weighted by atomic mass is 16.5. The van der Waals surface area contributed by atoms with Crippen LogP contribution in [0.5, 0.6) is 17.2 Å². The number of ether oxygens (including phenoxy) is 4. The molecule has 1 saturated heterocycles. The number of amides is 1. The average molecular weight is 457 g/mol. The molecule has 1 amide bonds. The van der Waals surface area contributed by atoms with E-state index < -0.39 is 5.92 Å². The molecule has 3 rings (SSSR count). The molecule has 1 fully saturated rings. The van der Waals surface area contributed by atoms with E-state index in [0.29, 0.717) is 42.4 Å². The highest BCUT2D eigenvalue weighted by Crippen LogP contribution is 2.38. The van der Waals surface area contributed by atoms with Gasteiger partial charge in [-0.2, -0.15) is 0 Å². The van der Waals surface area contributed by atoms with Crippen molar-refractivity contribution in [3.05, 3.63) is 53.6 Å². The van der Waals surface area contributed by atoms with Crippen LogP contribution >= 0.6 is 0 Å². The van der Waals surface area contributed by atoms with Gasteiger partial charge < -0.3 is 24.3 Å². The van der Waals surface area contributed by atoms with Crippen molar-refractivity contribution in [1.82, 2.24) is 10.2 Å². The van der Waals surface area contributed by atoms with Crippen molar-refractivity contribution < 1.29 is 28.5 Å².